The first-order chi connectivity index (χ1) is 13.6. The van der Waals surface area contributed by atoms with Gasteiger partial charge >= 0.3 is 0 Å². The van der Waals surface area contributed by atoms with E-state index in [-0.39, 0.29) is 13.1 Å². The summed E-state index contributed by atoms with van der Waals surface area (Å²) in [6.07, 6.45) is 2.48. The molecule has 0 radical (unpaired) electrons. The van der Waals surface area contributed by atoms with Gasteiger partial charge in [-0.25, -0.2) is 13.8 Å². The van der Waals surface area contributed by atoms with Crippen molar-refractivity contribution in [3.8, 4) is 22.4 Å². The molecule has 6 nitrogen and oxygen atoms in total. The molecule has 4 heterocycles. The zero-order chi connectivity index (χ0) is 19.3. The van der Waals surface area contributed by atoms with Crippen molar-refractivity contribution in [2.24, 2.45) is 7.05 Å². The van der Waals surface area contributed by atoms with Crippen molar-refractivity contribution in [2.75, 3.05) is 18.0 Å². The maximum Gasteiger partial charge on any atom is 0.150 e. The lowest BCUT2D eigenvalue weighted by atomic mass is 10.0. The molecule has 1 N–H and O–H groups in total. The SMILES string of the molecule is Cn1cc(-c2ccc3[nH]nc(-c4ccnc(N5C[C@H](F)[C@@H](F)C5)c4)c3c2)cn1. The van der Waals surface area contributed by atoms with E-state index in [4.69, 9.17) is 0 Å². The van der Waals surface area contributed by atoms with Crippen LogP contribution in [0.4, 0.5) is 14.6 Å². The highest BCUT2D eigenvalue weighted by atomic mass is 19.2. The lowest BCUT2D eigenvalue weighted by Gasteiger charge is -2.16. The third kappa shape index (κ3) is 2.81. The fourth-order valence-corrected chi connectivity index (χ4v) is 3.63. The van der Waals surface area contributed by atoms with Gasteiger partial charge in [0.25, 0.3) is 0 Å². The standard InChI is InChI=1S/C20H18F2N6/c1-27-9-14(8-24-27)12-2-3-18-15(6-12)20(26-25-18)13-4-5-23-19(7-13)28-10-16(21)17(22)11-28/h2-9,16-17H,10-11H2,1H3,(H,25,26)/t16-,17-/m0/s1. The molecule has 0 spiro atoms. The van der Waals surface area contributed by atoms with Crippen molar-refractivity contribution in [3.05, 3.63) is 48.9 Å². The Morgan fingerprint density at radius 1 is 1.04 bits per heavy atom. The third-order valence-corrected chi connectivity index (χ3v) is 5.13. The first kappa shape index (κ1) is 16.9. The maximum absolute atomic E-state index is 13.6. The van der Waals surface area contributed by atoms with Crippen LogP contribution in [0.3, 0.4) is 0 Å². The Labute approximate surface area is 159 Å². The number of hydrogen-bond acceptors (Lipinski definition) is 4. The molecular formula is C20H18F2N6. The van der Waals surface area contributed by atoms with Crippen LogP contribution in [0.1, 0.15) is 0 Å². The van der Waals surface area contributed by atoms with E-state index in [0.717, 1.165) is 33.3 Å². The van der Waals surface area contributed by atoms with Crippen LogP contribution in [-0.4, -0.2) is 50.4 Å². The van der Waals surface area contributed by atoms with Crippen LogP contribution in [0.2, 0.25) is 0 Å². The molecular weight excluding hydrogens is 362 g/mol. The van der Waals surface area contributed by atoms with Crippen LogP contribution in [0.25, 0.3) is 33.3 Å². The van der Waals surface area contributed by atoms with Crippen LogP contribution in [-0.2, 0) is 7.05 Å². The lowest BCUT2D eigenvalue weighted by Crippen LogP contribution is -2.21. The van der Waals surface area contributed by atoms with Crippen LogP contribution in [0, 0.1) is 0 Å². The molecule has 2 atom stereocenters. The maximum atomic E-state index is 13.6. The summed E-state index contributed by atoms with van der Waals surface area (Å²) < 4.78 is 28.9. The van der Waals surface area contributed by atoms with Gasteiger partial charge in [0.2, 0.25) is 0 Å². The molecule has 1 aromatic carbocycles. The van der Waals surface area contributed by atoms with E-state index in [1.165, 1.54) is 0 Å². The molecule has 0 bridgehead atoms. The minimum Gasteiger partial charge on any atom is -0.351 e. The van der Waals surface area contributed by atoms with Crippen molar-refractivity contribution in [2.45, 2.75) is 12.3 Å². The number of H-pyrrole nitrogens is 1. The fraction of sp³-hybridized carbons (Fsp3) is 0.250. The second-order valence-electron chi connectivity index (χ2n) is 7.07. The summed E-state index contributed by atoms with van der Waals surface area (Å²) in [6, 6.07) is 9.75. The average molecular weight is 380 g/mol. The van der Waals surface area contributed by atoms with Gasteiger partial charge in [0.1, 0.15) is 11.5 Å². The number of nitrogens with one attached hydrogen (secondary N) is 1. The smallest absolute Gasteiger partial charge is 0.150 e. The van der Waals surface area contributed by atoms with Crippen LogP contribution >= 0.6 is 0 Å². The highest BCUT2D eigenvalue weighted by molar-refractivity contribution is 5.95. The van der Waals surface area contributed by atoms with Crippen molar-refractivity contribution in [1.82, 2.24) is 25.0 Å². The van der Waals surface area contributed by atoms with Gasteiger partial charge < -0.3 is 4.90 Å². The number of rotatable bonds is 3. The zero-order valence-electron chi connectivity index (χ0n) is 15.2. The highest BCUT2D eigenvalue weighted by Crippen LogP contribution is 2.32. The zero-order valence-corrected chi connectivity index (χ0v) is 15.2. The molecule has 142 valence electrons. The predicted molar refractivity (Wildman–Crippen MR) is 104 cm³/mol. The molecule has 8 heteroatoms. The Hall–Kier alpha value is -3.29. The molecule has 0 saturated carbocycles. The van der Waals surface area contributed by atoms with Gasteiger partial charge in [0.15, 0.2) is 12.3 Å². The van der Waals surface area contributed by atoms with E-state index in [1.54, 1.807) is 15.8 Å². The number of pyridine rings is 1. The summed E-state index contributed by atoms with van der Waals surface area (Å²) >= 11 is 0. The van der Waals surface area contributed by atoms with Gasteiger partial charge in [-0.2, -0.15) is 10.2 Å². The van der Waals surface area contributed by atoms with Gasteiger partial charge in [-0.3, -0.25) is 9.78 Å². The molecule has 0 amide bonds. The summed E-state index contributed by atoms with van der Waals surface area (Å²) in [5.74, 6) is 0.555. The third-order valence-electron chi connectivity index (χ3n) is 5.13. The average Bonchev–Trinajstić information content (AvgIpc) is 3.40. The van der Waals surface area contributed by atoms with E-state index in [2.05, 4.69) is 26.3 Å². The van der Waals surface area contributed by atoms with Crippen LogP contribution < -0.4 is 4.90 Å². The monoisotopic (exact) mass is 380 g/mol. The Kier molecular flexibility index (Phi) is 3.85. The van der Waals surface area contributed by atoms with Crippen LogP contribution in [0.15, 0.2) is 48.9 Å². The fourth-order valence-electron chi connectivity index (χ4n) is 3.63. The molecule has 4 aromatic rings. The summed E-state index contributed by atoms with van der Waals surface area (Å²) in [5, 5.41) is 12.7. The van der Waals surface area contributed by atoms with Crippen molar-refractivity contribution in [3.63, 3.8) is 0 Å². The van der Waals surface area contributed by atoms with Gasteiger partial charge in [-0.15, -0.1) is 0 Å². The number of hydrogen-bond donors (Lipinski definition) is 1. The second-order valence-corrected chi connectivity index (χ2v) is 7.07. The quantitative estimate of drug-likeness (QED) is 0.591. The summed E-state index contributed by atoms with van der Waals surface area (Å²) in [7, 11) is 1.88. The van der Waals surface area contributed by atoms with Gasteiger partial charge in [-0.1, -0.05) is 6.07 Å². The van der Waals surface area contributed by atoms with E-state index >= 15 is 0 Å². The number of anilines is 1. The van der Waals surface area contributed by atoms with Crippen molar-refractivity contribution in [1.29, 1.82) is 0 Å². The first-order valence-corrected chi connectivity index (χ1v) is 9.05. The molecule has 0 unspecified atom stereocenters. The number of alkyl halides is 2. The number of aryl methyl sites for hydroxylation is 1. The minimum absolute atomic E-state index is 0.0179. The van der Waals surface area contributed by atoms with Crippen LogP contribution in [0.5, 0.6) is 0 Å². The molecule has 1 saturated heterocycles. The van der Waals surface area contributed by atoms with Crippen molar-refractivity contribution < 1.29 is 8.78 Å². The Morgan fingerprint density at radius 2 is 1.86 bits per heavy atom. The summed E-state index contributed by atoms with van der Waals surface area (Å²) in [6.45, 7) is 0.0359. The molecule has 1 aliphatic heterocycles. The number of aromatic nitrogens is 5. The Bertz CT molecular complexity index is 1140. The first-order valence-electron chi connectivity index (χ1n) is 9.05. The van der Waals surface area contributed by atoms with E-state index in [9.17, 15) is 8.78 Å². The summed E-state index contributed by atoms with van der Waals surface area (Å²) in [5.41, 5.74) is 4.59. The number of fused-ring (bicyclic) bond motifs is 1. The molecule has 3 aromatic heterocycles. The van der Waals surface area contributed by atoms with Crippen molar-refractivity contribution >= 4 is 16.7 Å². The number of nitrogens with zero attached hydrogens (tertiary/aromatic N) is 5. The van der Waals surface area contributed by atoms with E-state index < -0.39 is 12.3 Å². The highest BCUT2D eigenvalue weighted by Gasteiger charge is 2.33. The molecule has 28 heavy (non-hydrogen) atoms. The largest absolute Gasteiger partial charge is 0.351 e. The molecule has 1 aliphatic rings. The van der Waals surface area contributed by atoms with E-state index in [1.807, 2.05) is 43.7 Å². The summed E-state index contributed by atoms with van der Waals surface area (Å²) in [4.78, 5) is 5.93. The molecule has 1 fully saturated rings. The predicted octanol–water partition coefficient (Wildman–Crippen LogP) is 3.52. The normalized spacial score (nSPS) is 19.6. The number of aromatic amines is 1. The molecule has 5 rings (SSSR count). The molecule has 0 aliphatic carbocycles. The lowest BCUT2D eigenvalue weighted by molar-refractivity contribution is 0.217. The van der Waals surface area contributed by atoms with Gasteiger partial charge in [0, 0.05) is 36.0 Å². The number of benzene rings is 1. The second kappa shape index (κ2) is 6.40. The van der Waals surface area contributed by atoms with Gasteiger partial charge in [0.05, 0.1) is 24.8 Å². The minimum atomic E-state index is -1.47. The van der Waals surface area contributed by atoms with E-state index in [0.29, 0.717) is 5.82 Å². The number of halogens is 2. The van der Waals surface area contributed by atoms with Gasteiger partial charge in [-0.05, 0) is 29.8 Å². The Balaban J connectivity index is 1.55. The topological polar surface area (TPSA) is 62.6 Å². The Morgan fingerprint density at radius 3 is 2.61 bits per heavy atom.